The molecule has 0 bridgehead atoms. The summed E-state index contributed by atoms with van der Waals surface area (Å²) in [5, 5.41) is 2.88. The van der Waals surface area contributed by atoms with Gasteiger partial charge in [-0.25, -0.2) is 0 Å². The zero-order valence-corrected chi connectivity index (χ0v) is 7.86. The average Bonchev–Trinajstić information content (AvgIpc) is 2.59. The van der Waals surface area contributed by atoms with Gasteiger partial charge in [0.1, 0.15) is 0 Å². The summed E-state index contributed by atoms with van der Waals surface area (Å²) in [4.78, 5) is 13.9. The molecule has 14 heavy (non-hydrogen) atoms. The van der Waals surface area contributed by atoms with Crippen LogP contribution in [0.25, 0.3) is 0 Å². The van der Waals surface area contributed by atoms with Crippen molar-refractivity contribution in [2.24, 2.45) is 0 Å². The van der Waals surface area contributed by atoms with Gasteiger partial charge in [-0.05, 0) is 18.6 Å². The van der Waals surface area contributed by atoms with E-state index in [1.807, 2.05) is 6.08 Å². The van der Waals surface area contributed by atoms with Crippen LogP contribution in [0.1, 0.15) is 6.42 Å². The van der Waals surface area contributed by atoms with E-state index in [9.17, 15) is 4.79 Å². The molecular weight excluding hydrogens is 176 g/mol. The monoisotopic (exact) mass is 188 g/mol. The van der Waals surface area contributed by atoms with Gasteiger partial charge < -0.3 is 10.2 Å². The fourth-order valence-electron chi connectivity index (χ4n) is 2.36. The largest absolute Gasteiger partial charge is 0.360 e. The summed E-state index contributed by atoms with van der Waals surface area (Å²) >= 11 is 0. The molecule has 1 saturated heterocycles. The molecule has 1 amide bonds. The number of amides is 1. The van der Waals surface area contributed by atoms with Crippen molar-refractivity contribution in [3.8, 4) is 0 Å². The molecule has 3 nitrogen and oxygen atoms in total. The number of nitrogens with zero attached hydrogens (tertiary/aromatic N) is 1. The average molecular weight is 188 g/mol. The minimum atomic E-state index is 0.108. The van der Waals surface area contributed by atoms with Crippen LogP contribution in [-0.4, -0.2) is 29.9 Å². The second-order valence-corrected chi connectivity index (χ2v) is 3.83. The highest BCUT2D eigenvalue weighted by Gasteiger charge is 2.35. The molecular formula is C11H12N2O. The third-order valence-corrected chi connectivity index (χ3v) is 3.04. The normalized spacial score (nSPS) is 29.0. The third-order valence-electron chi connectivity index (χ3n) is 3.04. The Balaban J connectivity index is 2.01. The van der Waals surface area contributed by atoms with E-state index in [1.165, 1.54) is 5.70 Å². The van der Waals surface area contributed by atoms with Gasteiger partial charge in [0, 0.05) is 24.4 Å². The Labute approximate surface area is 82.8 Å². The van der Waals surface area contributed by atoms with Crippen molar-refractivity contribution < 1.29 is 4.79 Å². The van der Waals surface area contributed by atoms with Crippen LogP contribution >= 0.6 is 0 Å². The summed E-state index contributed by atoms with van der Waals surface area (Å²) in [6, 6.07) is 0.319. The van der Waals surface area contributed by atoms with Crippen LogP contribution in [0.4, 0.5) is 0 Å². The molecule has 0 aromatic heterocycles. The van der Waals surface area contributed by atoms with E-state index in [1.54, 1.807) is 0 Å². The van der Waals surface area contributed by atoms with Crippen LogP contribution in [0.15, 0.2) is 35.6 Å². The third kappa shape index (κ3) is 0.953. The minimum absolute atomic E-state index is 0.108. The van der Waals surface area contributed by atoms with E-state index in [4.69, 9.17) is 0 Å². The first-order valence-corrected chi connectivity index (χ1v) is 4.99. The zero-order valence-electron chi connectivity index (χ0n) is 7.86. The predicted octanol–water partition coefficient (Wildman–Crippen LogP) is 0.571. The van der Waals surface area contributed by atoms with Gasteiger partial charge in [0.25, 0.3) is 0 Å². The summed E-state index contributed by atoms with van der Waals surface area (Å²) in [6.07, 6.45) is 9.30. The lowest BCUT2D eigenvalue weighted by Gasteiger charge is -2.32. The molecule has 1 unspecified atom stereocenters. The number of nitrogens with one attached hydrogen (secondary N) is 1. The summed E-state index contributed by atoms with van der Waals surface area (Å²) in [5.41, 5.74) is 2.12. The highest BCUT2D eigenvalue weighted by atomic mass is 16.1. The van der Waals surface area contributed by atoms with Gasteiger partial charge in [-0.2, -0.15) is 0 Å². The molecule has 0 aromatic rings. The van der Waals surface area contributed by atoms with Crippen molar-refractivity contribution >= 4 is 5.91 Å². The molecule has 0 radical (unpaired) electrons. The van der Waals surface area contributed by atoms with Gasteiger partial charge >= 0.3 is 0 Å². The van der Waals surface area contributed by atoms with Crippen LogP contribution in [0.5, 0.6) is 0 Å². The number of hydrogen-bond acceptors (Lipinski definition) is 2. The van der Waals surface area contributed by atoms with E-state index >= 15 is 0 Å². The number of carbonyl (C=O) groups is 1. The molecule has 3 rings (SSSR count). The van der Waals surface area contributed by atoms with Gasteiger partial charge in [0.2, 0.25) is 5.91 Å². The predicted molar refractivity (Wildman–Crippen MR) is 53.4 cm³/mol. The number of piperidine rings is 1. The first-order valence-electron chi connectivity index (χ1n) is 4.99. The van der Waals surface area contributed by atoms with E-state index in [-0.39, 0.29) is 5.91 Å². The molecule has 3 aliphatic rings. The summed E-state index contributed by atoms with van der Waals surface area (Å²) < 4.78 is 0. The molecule has 3 aliphatic heterocycles. The Bertz CT molecular complexity index is 379. The van der Waals surface area contributed by atoms with Crippen molar-refractivity contribution in [3.63, 3.8) is 0 Å². The first kappa shape index (κ1) is 7.85. The van der Waals surface area contributed by atoms with Gasteiger partial charge in [0.15, 0.2) is 0 Å². The Morgan fingerprint density at radius 1 is 1.50 bits per heavy atom. The summed E-state index contributed by atoms with van der Waals surface area (Å²) in [7, 11) is 0. The van der Waals surface area contributed by atoms with Crippen LogP contribution in [0.2, 0.25) is 0 Å². The highest BCUT2D eigenvalue weighted by Crippen LogP contribution is 2.31. The van der Waals surface area contributed by atoms with Crippen molar-refractivity contribution in [1.29, 1.82) is 0 Å². The summed E-state index contributed by atoms with van der Waals surface area (Å²) in [6.45, 7) is 1.73. The van der Waals surface area contributed by atoms with Crippen molar-refractivity contribution in [2.45, 2.75) is 12.5 Å². The van der Waals surface area contributed by atoms with E-state index in [2.05, 4.69) is 28.4 Å². The maximum atomic E-state index is 11.6. The van der Waals surface area contributed by atoms with Gasteiger partial charge in [0.05, 0.1) is 6.04 Å². The fraction of sp³-hybridized carbons (Fsp3) is 0.364. The summed E-state index contributed by atoms with van der Waals surface area (Å²) in [5.74, 6) is 0.108. The van der Waals surface area contributed by atoms with Crippen LogP contribution < -0.4 is 5.32 Å². The Hall–Kier alpha value is -1.51. The smallest absolute Gasteiger partial charge is 0.249 e. The Morgan fingerprint density at radius 3 is 3.36 bits per heavy atom. The Morgan fingerprint density at radius 2 is 2.43 bits per heavy atom. The van der Waals surface area contributed by atoms with Gasteiger partial charge in [-0.15, -0.1) is 0 Å². The lowest BCUT2D eigenvalue weighted by atomic mass is 10.0. The molecule has 3 heteroatoms. The molecule has 0 aromatic carbocycles. The molecule has 1 fully saturated rings. The number of carbonyl (C=O) groups excluding carboxylic acids is 1. The van der Waals surface area contributed by atoms with Crippen molar-refractivity contribution in [2.75, 3.05) is 13.1 Å². The second-order valence-electron chi connectivity index (χ2n) is 3.83. The Kier molecular flexibility index (Phi) is 1.54. The zero-order chi connectivity index (χ0) is 9.54. The molecule has 0 spiro atoms. The number of hydrogen-bond donors (Lipinski definition) is 1. The SMILES string of the molecule is O=C1NCCC2C1=CC1=CC=CCN12. The maximum Gasteiger partial charge on any atom is 0.249 e. The van der Waals surface area contributed by atoms with Gasteiger partial charge in [-0.1, -0.05) is 12.2 Å². The quantitative estimate of drug-likeness (QED) is 0.602. The number of rotatable bonds is 0. The molecule has 1 N–H and O–H groups in total. The van der Waals surface area contributed by atoms with Crippen molar-refractivity contribution in [3.05, 3.63) is 35.6 Å². The van der Waals surface area contributed by atoms with Gasteiger partial charge in [-0.3, -0.25) is 4.79 Å². The molecule has 1 atom stereocenters. The van der Waals surface area contributed by atoms with Crippen molar-refractivity contribution in [1.82, 2.24) is 10.2 Å². The lowest BCUT2D eigenvalue weighted by Crippen LogP contribution is -2.44. The van der Waals surface area contributed by atoms with Crippen LogP contribution in [0, 0.1) is 0 Å². The minimum Gasteiger partial charge on any atom is -0.360 e. The van der Waals surface area contributed by atoms with E-state index in [0.717, 1.165) is 25.1 Å². The maximum absolute atomic E-state index is 11.6. The number of allylic oxidation sites excluding steroid dienone is 3. The molecule has 0 saturated carbocycles. The first-order chi connectivity index (χ1) is 6.86. The molecule has 3 heterocycles. The van der Waals surface area contributed by atoms with E-state index in [0.29, 0.717) is 6.04 Å². The number of fused-ring (bicyclic) bond motifs is 3. The second kappa shape index (κ2) is 2.74. The fourth-order valence-corrected chi connectivity index (χ4v) is 2.36. The van der Waals surface area contributed by atoms with E-state index < -0.39 is 0 Å². The molecule has 72 valence electrons. The van der Waals surface area contributed by atoms with Crippen LogP contribution in [-0.2, 0) is 4.79 Å². The van der Waals surface area contributed by atoms with Crippen LogP contribution in [0.3, 0.4) is 0 Å². The lowest BCUT2D eigenvalue weighted by molar-refractivity contribution is -0.118. The topological polar surface area (TPSA) is 32.3 Å². The highest BCUT2D eigenvalue weighted by molar-refractivity contribution is 5.96. The standard InChI is InChI=1S/C11H12N2O/c14-11-9-7-8-3-1-2-6-13(8)10(9)4-5-12-11/h1-3,7,10H,4-6H2,(H,12,14). The molecule has 0 aliphatic carbocycles.